The van der Waals surface area contributed by atoms with Crippen molar-refractivity contribution in [3.05, 3.63) is 65.4 Å². The van der Waals surface area contributed by atoms with Crippen LogP contribution in [0.4, 0.5) is 0 Å². The van der Waals surface area contributed by atoms with Gasteiger partial charge in [-0.1, -0.05) is 49.9 Å². The first-order valence-electron chi connectivity index (χ1n) is 7.59. The van der Waals surface area contributed by atoms with E-state index in [-0.39, 0.29) is 11.8 Å². The molecular weight excluding hydrogens is 270 g/mol. The molecule has 1 aromatic rings. The second-order valence-corrected chi connectivity index (χ2v) is 5.85. The van der Waals surface area contributed by atoms with Crippen molar-refractivity contribution in [1.29, 1.82) is 0 Å². The number of allylic oxidation sites excluding steroid dienone is 3. The average Bonchev–Trinajstić information content (AvgIpc) is 2.51. The van der Waals surface area contributed by atoms with Crippen molar-refractivity contribution in [2.75, 3.05) is 0 Å². The number of carbonyl (C=O) groups is 1. The topological polar surface area (TPSA) is 43.1 Å². The smallest absolute Gasteiger partial charge is 0.228 e. The maximum atomic E-state index is 11.9. The molecule has 0 aromatic heterocycles. The number of rotatable bonds is 4. The summed E-state index contributed by atoms with van der Waals surface area (Å²) in [5.41, 5.74) is 14.8. The van der Waals surface area contributed by atoms with Crippen LogP contribution < -0.4 is 5.73 Å². The third-order valence-electron chi connectivity index (χ3n) is 4.38. The van der Waals surface area contributed by atoms with Gasteiger partial charge in [-0.2, -0.15) is 0 Å². The molecule has 114 valence electrons. The molecule has 1 aromatic carbocycles. The lowest BCUT2D eigenvalue weighted by molar-refractivity contribution is -0.118. The van der Waals surface area contributed by atoms with Crippen LogP contribution in [0.5, 0.6) is 0 Å². The van der Waals surface area contributed by atoms with Gasteiger partial charge in [-0.25, -0.2) is 0 Å². The molecule has 0 saturated heterocycles. The summed E-state index contributed by atoms with van der Waals surface area (Å²) in [5, 5.41) is 0. The van der Waals surface area contributed by atoms with Gasteiger partial charge in [0, 0.05) is 5.92 Å². The number of carbonyl (C=O) groups excluding carboxylic acids is 1. The summed E-state index contributed by atoms with van der Waals surface area (Å²) in [5.74, 6) is -0.461. The average molecular weight is 293 g/mol. The van der Waals surface area contributed by atoms with Gasteiger partial charge in [0.25, 0.3) is 0 Å². The molecule has 22 heavy (non-hydrogen) atoms. The molecule has 1 amide bonds. The molecule has 0 aliphatic heterocycles. The first kappa shape index (κ1) is 16.1. The monoisotopic (exact) mass is 293 g/mol. The van der Waals surface area contributed by atoms with Crippen LogP contribution >= 0.6 is 0 Å². The predicted molar refractivity (Wildman–Crippen MR) is 93.5 cm³/mol. The van der Waals surface area contributed by atoms with Crippen LogP contribution in [0.3, 0.4) is 0 Å². The highest BCUT2D eigenvalue weighted by molar-refractivity contribution is 5.89. The van der Waals surface area contributed by atoms with Crippen molar-refractivity contribution in [1.82, 2.24) is 0 Å². The first-order chi connectivity index (χ1) is 10.4. The van der Waals surface area contributed by atoms with E-state index in [4.69, 9.17) is 5.73 Å². The van der Waals surface area contributed by atoms with Gasteiger partial charge in [0.2, 0.25) is 5.91 Å². The molecule has 2 heteroatoms. The maximum absolute atomic E-state index is 11.9. The van der Waals surface area contributed by atoms with Crippen molar-refractivity contribution in [2.45, 2.75) is 39.0 Å². The van der Waals surface area contributed by atoms with Crippen molar-refractivity contribution in [3.8, 4) is 0 Å². The van der Waals surface area contributed by atoms with Crippen molar-refractivity contribution in [3.63, 3.8) is 0 Å². The van der Waals surface area contributed by atoms with Crippen molar-refractivity contribution < 1.29 is 4.79 Å². The molecule has 1 aliphatic rings. The molecule has 0 fully saturated rings. The van der Waals surface area contributed by atoms with Gasteiger partial charge in [-0.15, -0.1) is 5.73 Å². The standard InChI is InChI=1S/C20H23NO/c1-6-13(5)16-11-10-15(12(3)4)19-17(20(21)22)9-8-14(7-2)18(16)19/h8-11,14,17H,1,3,7H2,2,4-5H3,(H2,21,22). The van der Waals surface area contributed by atoms with Gasteiger partial charge in [-0.3, -0.25) is 4.79 Å². The number of primary amides is 1. The number of benzene rings is 1. The van der Waals surface area contributed by atoms with E-state index in [2.05, 4.69) is 38.0 Å². The highest BCUT2D eigenvalue weighted by Gasteiger charge is 2.30. The molecule has 0 radical (unpaired) electrons. The largest absolute Gasteiger partial charge is 0.369 e. The minimum atomic E-state index is -0.401. The van der Waals surface area contributed by atoms with Gasteiger partial charge in [0.05, 0.1) is 5.92 Å². The summed E-state index contributed by atoms with van der Waals surface area (Å²) < 4.78 is 0. The minimum absolute atomic E-state index is 0.267. The van der Waals surface area contributed by atoms with E-state index in [1.165, 1.54) is 5.56 Å². The molecule has 2 N–H and O–H groups in total. The Hall–Kier alpha value is -2.31. The molecule has 0 spiro atoms. The van der Waals surface area contributed by atoms with E-state index in [0.29, 0.717) is 0 Å². The molecule has 2 rings (SSSR count). The molecule has 1 aliphatic carbocycles. The van der Waals surface area contributed by atoms with Crippen LogP contribution in [-0.2, 0) is 4.79 Å². The highest BCUT2D eigenvalue weighted by Crippen LogP contribution is 2.43. The molecule has 0 saturated carbocycles. The second kappa shape index (κ2) is 6.21. The van der Waals surface area contributed by atoms with E-state index in [9.17, 15) is 4.79 Å². The zero-order chi connectivity index (χ0) is 16.4. The molecular formula is C20H23NO. The van der Waals surface area contributed by atoms with E-state index in [0.717, 1.165) is 34.3 Å². The van der Waals surface area contributed by atoms with Crippen LogP contribution in [-0.4, -0.2) is 5.91 Å². The number of amides is 1. The van der Waals surface area contributed by atoms with E-state index < -0.39 is 5.92 Å². The normalized spacial score (nSPS) is 19.2. The second-order valence-electron chi connectivity index (χ2n) is 5.85. The van der Waals surface area contributed by atoms with Crippen LogP contribution in [0.1, 0.15) is 61.3 Å². The number of hydrogen-bond acceptors (Lipinski definition) is 1. The lowest BCUT2D eigenvalue weighted by Crippen LogP contribution is -2.25. The van der Waals surface area contributed by atoms with Gasteiger partial charge in [0.15, 0.2) is 0 Å². The van der Waals surface area contributed by atoms with E-state index in [1.54, 1.807) is 0 Å². The number of fused-ring (bicyclic) bond motifs is 1. The Labute approximate surface area is 132 Å². The number of hydrogen-bond donors (Lipinski definition) is 1. The van der Waals surface area contributed by atoms with Crippen LogP contribution in [0.15, 0.2) is 43.2 Å². The fourth-order valence-corrected chi connectivity index (χ4v) is 3.18. The Bertz CT molecular complexity index is 717. The lowest BCUT2D eigenvalue weighted by atomic mass is 9.74. The Morgan fingerprint density at radius 3 is 2.36 bits per heavy atom. The van der Waals surface area contributed by atoms with Crippen LogP contribution in [0.2, 0.25) is 0 Å². The van der Waals surface area contributed by atoms with Crippen molar-refractivity contribution >= 4 is 17.1 Å². The zero-order valence-corrected chi connectivity index (χ0v) is 13.6. The van der Waals surface area contributed by atoms with E-state index in [1.807, 2.05) is 26.0 Å². The summed E-state index contributed by atoms with van der Waals surface area (Å²) in [6.45, 7) is 13.9. The fourth-order valence-electron chi connectivity index (χ4n) is 3.18. The van der Waals surface area contributed by atoms with Gasteiger partial charge >= 0.3 is 0 Å². The summed E-state index contributed by atoms with van der Waals surface area (Å²) in [6.07, 6.45) is 4.99. The van der Waals surface area contributed by atoms with Gasteiger partial charge in [0.1, 0.15) is 0 Å². The highest BCUT2D eigenvalue weighted by atomic mass is 16.1. The van der Waals surface area contributed by atoms with E-state index >= 15 is 0 Å². The lowest BCUT2D eigenvalue weighted by Gasteiger charge is -2.30. The van der Waals surface area contributed by atoms with Gasteiger partial charge < -0.3 is 5.73 Å². The third kappa shape index (κ3) is 2.58. The maximum Gasteiger partial charge on any atom is 0.228 e. The molecule has 0 heterocycles. The molecule has 0 bridgehead atoms. The molecule has 2 unspecified atom stereocenters. The van der Waals surface area contributed by atoms with Crippen LogP contribution in [0, 0.1) is 0 Å². The van der Waals surface area contributed by atoms with Crippen molar-refractivity contribution in [2.24, 2.45) is 5.73 Å². The minimum Gasteiger partial charge on any atom is -0.369 e. The number of nitrogens with two attached hydrogens (primary N) is 1. The Morgan fingerprint density at radius 1 is 1.23 bits per heavy atom. The molecule has 2 atom stereocenters. The Morgan fingerprint density at radius 2 is 1.86 bits per heavy atom. The summed E-state index contributed by atoms with van der Waals surface area (Å²) >= 11 is 0. The summed E-state index contributed by atoms with van der Waals surface area (Å²) in [7, 11) is 0. The van der Waals surface area contributed by atoms with Crippen LogP contribution in [0.25, 0.3) is 11.1 Å². The Kier molecular flexibility index (Phi) is 4.54. The fraction of sp³-hybridized carbons (Fsp3) is 0.300. The third-order valence-corrected chi connectivity index (χ3v) is 4.38. The summed E-state index contributed by atoms with van der Waals surface area (Å²) in [6, 6.07) is 4.11. The molecule has 2 nitrogen and oxygen atoms in total. The first-order valence-corrected chi connectivity index (χ1v) is 7.59. The Balaban J connectivity index is 2.89. The SMILES string of the molecule is C=C=C(C)c1ccc(C(=C)C)c2c1C(CC)C=CC2C(N)=O. The summed E-state index contributed by atoms with van der Waals surface area (Å²) in [4.78, 5) is 11.9. The van der Waals surface area contributed by atoms with Gasteiger partial charge in [-0.05, 0) is 48.1 Å². The predicted octanol–water partition coefficient (Wildman–Crippen LogP) is 4.54. The zero-order valence-electron chi connectivity index (χ0n) is 13.6. The quantitative estimate of drug-likeness (QED) is 0.642.